The van der Waals surface area contributed by atoms with Crippen molar-refractivity contribution in [3.05, 3.63) is 89.2 Å². The maximum atomic E-state index is 14.3. The van der Waals surface area contributed by atoms with Gasteiger partial charge in [0, 0.05) is 43.9 Å². The summed E-state index contributed by atoms with van der Waals surface area (Å²) < 4.78 is 20.5. The smallest absolute Gasteiger partial charge is 0.271 e. The zero-order chi connectivity index (χ0) is 30.2. The number of hydrogen-bond donors (Lipinski definition) is 0. The number of carbonyl (C=O) groups is 1. The van der Waals surface area contributed by atoms with Gasteiger partial charge in [-0.15, -0.1) is 0 Å². The van der Waals surface area contributed by atoms with Gasteiger partial charge in [0.05, 0.1) is 40.6 Å². The predicted molar refractivity (Wildman–Crippen MR) is 172 cm³/mol. The molecule has 1 fully saturated rings. The van der Waals surface area contributed by atoms with Crippen LogP contribution in [0.2, 0.25) is 0 Å². The number of methoxy groups -OCH3 is 1. The molecular formula is C32H33BrN4O5S. The number of thiazole rings is 1. The molecule has 11 heteroatoms. The minimum Gasteiger partial charge on any atom is -0.496 e. The minimum absolute atomic E-state index is 0.148. The predicted octanol–water partition coefficient (Wildman–Crippen LogP) is 4.46. The van der Waals surface area contributed by atoms with Crippen LogP contribution in [0, 0.1) is 0 Å². The first-order valence-corrected chi connectivity index (χ1v) is 16.0. The summed E-state index contributed by atoms with van der Waals surface area (Å²) in [5.41, 5.74) is 1.56. The molecule has 43 heavy (non-hydrogen) atoms. The molecule has 4 aromatic rings. The van der Waals surface area contributed by atoms with Crippen LogP contribution in [0.4, 0.5) is 5.88 Å². The third kappa shape index (κ3) is 5.23. The van der Waals surface area contributed by atoms with Crippen LogP contribution >= 0.6 is 27.3 Å². The second-order valence-electron chi connectivity index (χ2n) is 10.4. The number of ether oxygens (including phenoxy) is 2. The number of anilines is 1. The van der Waals surface area contributed by atoms with Gasteiger partial charge in [-0.2, -0.15) is 0 Å². The van der Waals surface area contributed by atoms with Crippen LogP contribution in [0.1, 0.15) is 38.1 Å². The van der Waals surface area contributed by atoms with Crippen LogP contribution in [0.25, 0.3) is 16.8 Å². The highest BCUT2D eigenvalue weighted by atomic mass is 79.9. The number of allylic oxidation sites excluding steroid dienone is 1. The first kappa shape index (κ1) is 29.4. The quantitative estimate of drug-likeness (QED) is 0.290. The zero-order valence-corrected chi connectivity index (χ0v) is 27.0. The lowest BCUT2D eigenvalue weighted by Crippen LogP contribution is -2.43. The minimum atomic E-state index is -0.736. The Morgan fingerprint density at radius 3 is 2.65 bits per heavy atom. The first-order valence-electron chi connectivity index (χ1n) is 14.4. The molecule has 4 heterocycles. The Labute approximate surface area is 261 Å². The molecule has 9 nitrogen and oxygen atoms in total. The number of aromatic nitrogens is 1. The van der Waals surface area contributed by atoms with E-state index in [0.717, 1.165) is 33.9 Å². The van der Waals surface area contributed by atoms with Crippen molar-refractivity contribution < 1.29 is 18.7 Å². The second kappa shape index (κ2) is 12.1. The summed E-state index contributed by atoms with van der Waals surface area (Å²) >= 11 is 4.90. The summed E-state index contributed by atoms with van der Waals surface area (Å²) in [7, 11) is 1.61. The summed E-state index contributed by atoms with van der Waals surface area (Å²) in [6, 6.07) is 13.0. The molecule has 1 saturated heterocycles. The normalized spacial score (nSPS) is 17.3. The molecule has 1 atom stereocenters. The number of hydrogen-bond acceptors (Lipinski definition) is 8. The number of fused-ring (bicyclic) bond motifs is 2. The number of furan rings is 1. The highest BCUT2D eigenvalue weighted by Gasteiger charge is 2.36. The summed E-state index contributed by atoms with van der Waals surface area (Å²) in [5.74, 6) is 1.71. The summed E-state index contributed by atoms with van der Waals surface area (Å²) in [6.45, 7) is 9.53. The lowest BCUT2D eigenvalue weighted by Gasteiger charge is -2.30. The molecule has 1 amide bonds. The average Bonchev–Trinajstić information content (AvgIpc) is 3.54. The molecule has 0 N–H and O–H groups in total. The van der Waals surface area contributed by atoms with Crippen molar-refractivity contribution in [1.29, 1.82) is 0 Å². The van der Waals surface area contributed by atoms with Crippen LogP contribution in [-0.2, 0) is 9.53 Å². The molecule has 0 saturated carbocycles. The fourth-order valence-electron chi connectivity index (χ4n) is 5.84. The average molecular weight is 666 g/mol. The van der Waals surface area contributed by atoms with Crippen molar-refractivity contribution >= 4 is 55.9 Å². The summed E-state index contributed by atoms with van der Waals surface area (Å²) in [4.78, 5) is 37.7. The Balaban J connectivity index is 1.58. The molecule has 2 aromatic carbocycles. The molecule has 0 aliphatic carbocycles. The Hall–Kier alpha value is -3.67. The zero-order valence-electron chi connectivity index (χ0n) is 24.6. The van der Waals surface area contributed by atoms with E-state index in [0.29, 0.717) is 64.3 Å². The van der Waals surface area contributed by atoms with Crippen LogP contribution in [0.15, 0.2) is 72.4 Å². The maximum absolute atomic E-state index is 14.3. The number of likely N-dealkylation sites (N-methyl/N-ethyl adjacent to an activating group) is 1. The van der Waals surface area contributed by atoms with E-state index in [-0.39, 0.29) is 11.5 Å². The molecule has 2 aromatic heterocycles. The molecule has 2 aliphatic rings. The Kier molecular flexibility index (Phi) is 8.30. The number of carbonyl (C=O) groups excluding carboxylic acids is 1. The van der Waals surface area contributed by atoms with Gasteiger partial charge in [0.25, 0.3) is 11.5 Å². The Morgan fingerprint density at radius 1 is 1.19 bits per heavy atom. The first-order chi connectivity index (χ1) is 20.9. The molecule has 0 spiro atoms. The van der Waals surface area contributed by atoms with Crippen molar-refractivity contribution in [3.8, 4) is 5.75 Å². The summed E-state index contributed by atoms with van der Waals surface area (Å²) in [5, 5.41) is 1.90. The van der Waals surface area contributed by atoms with E-state index in [2.05, 4.69) is 20.8 Å². The van der Waals surface area contributed by atoms with Crippen molar-refractivity contribution in [2.75, 3.05) is 51.4 Å². The molecule has 2 aliphatic heterocycles. The van der Waals surface area contributed by atoms with Gasteiger partial charge in [-0.1, -0.05) is 41.7 Å². The lowest BCUT2D eigenvalue weighted by atomic mass is 9.90. The topological polar surface area (TPSA) is 89.5 Å². The van der Waals surface area contributed by atoms with Gasteiger partial charge >= 0.3 is 0 Å². The number of halogens is 1. The van der Waals surface area contributed by atoms with Gasteiger partial charge in [0.1, 0.15) is 17.6 Å². The molecular weight excluding hydrogens is 632 g/mol. The summed E-state index contributed by atoms with van der Waals surface area (Å²) in [6.07, 6.45) is 1.75. The fraction of sp³-hybridized carbons (Fsp3) is 0.344. The highest BCUT2D eigenvalue weighted by Crippen LogP contribution is 2.40. The largest absolute Gasteiger partial charge is 0.496 e. The van der Waals surface area contributed by atoms with E-state index < -0.39 is 6.04 Å². The van der Waals surface area contributed by atoms with Gasteiger partial charge < -0.3 is 23.7 Å². The third-order valence-electron chi connectivity index (χ3n) is 7.99. The van der Waals surface area contributed by atoms with Crippen LogP contribution in [0.3, 0.4) is 0 Å². The van der Waals surface area contributed by atoms with Gasteiger partial charge in [-0.25, -0.2) is 4.99 Å². The monoisotopic (exact) mass is 664 g/mol. The second-order valence-corrected chi connectivity index (χ2v) is 12.2. The molecule has 0 radical (unpaired) electrons. The number of morpholine rings is 1. The van der Waals surface area contributed by atoms with Gasteiger partial charge in [0.15, 0.2) is 4.80 Å². The van der Waals surface area contributed by atoms with E-state index in [1.54, 1.807) is 22.7 Å². The van der Waals surface area contributed by atoms with E-state index in [1.807, 2.05) is 63.2 Å². The van der Waals surface area contributed by atoms with Crippen LogP contribution in [-0.4, -0.2) is 61.9 Å². The molecule has 0 unspecified atom stereocenters. The highest BCUT2D eigenvalue weighted by molar-refractivity contribution is 9.10. The van der Waals surface area contributed by atoms with Gasteiger partial charge in [-0.3, -0.25) is 14.2 Å². The van der Waals surface area contributed by atoms with Gasteiger partial charge in [-0.05, 0) is 53.5 Å². The fourth-order valence-corrected chi connectivity index (χ4v) is 7.43. The Morgan fingerprint density at radius 2 is 1.93 bits per heavy atom. The van der Waals surface area contributed by atoms with E-state index >= 15 is 0 Å². The van der Waals surface area contributed by atoms with E-state index in [1.165, 1.54) is 11.3 Å². The molecule has 6 rings (SSSR count). The van der Waals surface area contributed by atoms with Crippen molar-refractivity contribution in [2.24, 2.45) is 4.99 Å². The van der Waals surface area contributed by atoms with E-state index in [9.17, 15) is 9.59 Å². The van der Waals surface area contributed by atoms with Crippen LogP contribution < -0.4 is 24.5 Å². The molecule has 224 valence electrons. The standard InChI is InChI=1S/C32H33BrN4O5S/c1-5-35(6-2)30(39)26-19(3)34-32-37(28(26)27-22-10-8-7-9-20(22)11-12-24(27)40-4)29(38)25(43-32)18-21-17-23(33)31(42-21)36-13-15-41-16-14-36/h7-12,17-18,28H,5-6,13-16H2,1-4H3/b25-18+/t28-/m1/s1. The number of rotatable bonds is 7. The van der Waals surface area contributed by atoms with Crippen molar-refractivity contribution in [3.63, 3.8) is 0 Å². The number of benzene rings is 2. The molecule has 0 bridgehead atoms. The van der Waals surface area contributed by atoms with Gasteiger partial charge in [0.2, 0.25) is 5.88 Å². The Bertz CT molecular complexity index is 1910. The number of amides is 1. The lowest BCUT2D eigenvalue weighted by molar-refractivity contribution is -0.127. The van der Waals surface area contributed by atoms with Crippen LogP contribution in [0.5, 0.6) is 5.75 Å². The SMILES string of the molecule is CCN(CC)C(=O)C1=C(C)N=c2s/c(=C/c3cc(Br)c(N4CCOCC4)o3)c(=O)n2[C@H]1c1c(OC)ccc2ccccc12. The maximum Gasteiger partial charge on any atom is 0.271 e. The third-order valence-corrected chi connectivity index (χ3v) is 9.54. The van der Waals surface area contributed by atoms with Crippen molar-refractivity contribution in [2.45, 2.75) is 26.8 Å². The number of nitrogens with zero attached hydrogens (tertiary/aromatic N) is 4. The van der Waals surface area contributed by atoms with Crippen molar-refractivity contribution in [1.82, 2.24) is 9.47 Å². The van der Waals surface area contributed by atoms with E-state index in [4.69, 9.17) is 18.9 Å².